The standard InChI is InChI=1S/C28H35ClN6O3/c1-34-22(9-12-32-34)18-38-25-7-6-20-16-35(13-10-24(20)27(25)29)17-23(36)15-31-28(37)19-8-11-30-26(14-19)33-21-4-2-3-5-21/h6-9,11-12,14,21,23,36H,2-5,10,13,15-18H2,1H3,(H,30,33)(H,31,37)/t23-/m0/s1. The number of ether oxygens (including phenoxy) is 1. The van der Waals surface area contributed by atoms with Gasteiger partial charge in [-0.1, -0.05) is 30.5 Å². The molecule has 2 aromatic heterocycles. The predicted octanol–water partition coefficient (Wildman–Crippen LogP) is 3.55. The lowest BCUT2D eigenvalue weighted by molar-refractivity contribution is 0.0841. The van der Waals surface area contributed by atoms with E-state index in [0.29, 0.717) is 42.1 Å². The topological polar surface area (TPSA) is 105 Å². The van der Waals surface area contributed by atoms with E-state index in [1.54, 1.807) is 29.2 Å². The Balaban J connectivity index is 1.10. The van der Waals surface area contributed by atoms with Gasteiger partial charge in [0.25, 0.3) is 5.91 Å². The molecular weight excluding hydrogens is 504 g/mol. The van der Waals surface area contributed by atoms with Crippen molar-refractivity contribution >= 4 is 23.3 Å². The van der Waals surface area contributed by atoms with E-state index in [2.05, 4.69) is 25.6 Å². The fourth-order valence-electron chi connectivity index (χ4n) is 5.22. The van der Waals surface area contributed by atoms with Crippen LogP contribution in [0.5, 0.6) is 5.75 Å². The van der Waals surface area contributed by atoms with E-state index in [1.807, 2.05) is 25.2 Å². The summed E-state index contributed by atoms with van der Waals surface area (Å²) in [5.41, 5.74) is 3.73. The molecule has 3 heterocycles. The van der Waals surface area contributed by atoms with Crippen molar-refractivity contribution in [1.82, 2.24) is 25.0 Å². The van der Waals surface area contributed by atoms with Gasteiger partial charge in [-0.15, -0.1) is 0 Å². The van der Waals surface area contributed by atoms with Crippen LogP contribution in [-0.2, 0) is 26.6 Å². The van der Waals surface area contributed by atoms with E-state index in [-0.39, 0.29) is 12.5 Å². The molecule has 1 saturated carbocycles. The van der Waals surface area contributed by atoms with Crippen molar-refractivity contribution in [3.8, 4) is 5.75 Å². The molecule has 5 rings (SSSR count). The second-order valence-electron chi connectivity index (χ2n) is 10.2. The number of benzene rings is 1. The highest BCUT2D eigenvalue weighted by atomic mass is 35.5. The third-order valence-electron chi connectivity index (χ3n) is 7.37. The predicted molar refractivity (Wildman–Crippen MR) is 146 cm³/mol. The summed E-state index contributed by atoms with van der Waals surface area (Å²) in [4.78, 5) is 19.2. The summed E-state index contributed by atoms with van der Waals surface area (Å²) >= 11 is 6.69. The fourth-order valence-corrected chi connectivity index (χ4v) is 5.55. The monoisotopic (exact) mass is 538 g/mol. The van der Waals surface area contributed by atoms with Crippen LogP contribution < -0.4 is 15.4 Å². The number of aryl methyl sites for hydroxylation is 1. The summed E-state index contributed by atoms with van der Waals surface area (Å²) in [5, 5.41) is 21.7. The number of nitrogens with one attached hydrogen (secondary N) is 2. The molecule has 1 aliphatic heterocycles. The van der Waals surface area contributed by atoms with Crippen molar-refractivity contribution in [2.24, 2.45) is 7.05 Å². The SMILES string of the molecule is Cn1nccc1COc1ccc2c(c1Cl)CCN(C[C@@H](O)CNC(=O)c1ccnc(NC3CCCC3)c1)C2. The Kier molecular flexibility index (Phi) is 8.46. The molecule has 2 aliphatic rings. The lowest BCUT2D eigenvalue weighted by atomic mass is 9.99. The number of carbonyl (C=O) groups excluding carboxylic acids is 1. The first-order valence-electron chi connectivity index (χ1n) is 13.3. The van der Waals surface area contributed by atoms with E-state index >= 15 is 0 Å². The second-order valence-corrected chi connectivity index (χ2v) is 10.5. The van der Waals surface area contributed by atoms with Crippen LogP contribution in [0.3, 0.4) is 0 Å². The zero-order valence-corrected chi connectivity index (χ0v) is 22.5. The first-order chi connectivity index (χ1) is 18.5. The summed E-state index contributed by atoms with van der Waals surface area (Å²) in [6.45, 7) is 2.49. The number of hydrogen-bond donors (Lipinski definition) is 3. The quantitative estimate of drug-likeness (QED) is 0.362. The van der Waals surface area contributed by atoms with Crippen LogP contribution in [0.2, 0.25) is 5.02 Å². The van der Waals surface area contributed by atoms with E-state index in [9.17, 15) is 9.90 Å². The van der Waals surface area contributed by atoms with Gasteiger partial charge >= 0.3 is 0 Å². The first kappa shape index (κ1) is 26.5. The highest BCUT2D eigenvalue weighted by molar-refractivity contribution is 6.33. The van der Waals surface area contributed by atoms with Crippen LogP contribution in [0.4, 0.5) is 5.82 Å². The molecule has 3 aromatic rings. The number of hydrogen-bond acceptors (Lipinski definition) is 7. The smallest absolute Gasteiger partial charge is 0.251 e. The van der Waals surface area contributed by atoms with Crippen LogP contribution in [0.1, 0.15) is 52.9 Å². The zero-order chi connectivity index (χ0) is 26.5. The van der Waals surface area contributed by atoms with Gasteiger partial charge in [-0.25, -0.2) is 4.98 Å². The number of β-amino-alcohol motifs (C(OH)–C–C–N with tert-alkyl or cyclic N) is 1. The maximum Gasteiger partial charge on any atom is 0.251 e. The Morgan fingerprint density at radius 1 is 1.24 bits per heavy atom. The largest absolute Gasteiger partial charge is 0.486 e. The maximum absolute atomic E-state index is 12.7. The molecule has 38 heavy (non-hydrogen) atoms. The minimum absolute atomic E-state index is 0.178. The molecule has 1 aromatic carbocycles. The van der Waals surface area contributed by atoms with Crippen molar-refractivity contribution in [2.45, 2.75) is 57.4 Å². The maximum atomic E-state index is 12.7. The molecular formula is C28H35ClN6O3. The molecule has 0 radical (unpaired) electrons. The minimum Gasteiger partial charge on any atom is -0.486 e. The molecule has 0 bridgehead atoms. The molecule has 1 fully saturated rings. The highest BCUT2D eigenvalue weighted by Crippen LogP contribution is 2.34. The summed E-state index contributed by atoms with van der Waals surface area (Å²) < 4.78 is 7.73. The summed E-state index contributed by atoms with van der Waals surface area (Å²) in [7, 11) is 1.88. The normalized spacial score (nSPS) is 16.7. The number of amides is 1. The van der Waals surface area contributed by atoms with E-state index in [0.717, 1.165) is 48.4 Å². The molecule has 1 atom stereocenters. The number of fused-ring (bicyclic) bond motifs is 1. The Labute approximate surface area is 228 Å². The number of pyridine rings is 1. The van der Waals surface area contributed by atoms with Crippen molar-refractivity contribution in [1.29, 1.82) is 0 Å². The number of aliphatic hydroxyl groups excluding tert-OH is 1. The number of carbonyl (C=O) groups is 1. The van der Waals surface area contributed by atoms with Crippen LogP contribution in [-0.4, -0.2) is 62.5 Å². The zero-order valence-electron chi connectivity index (χ0n) is 21.7. The molecule has 0 unspecified atom stereocenters. The molecule has 202 valence electrons. The molecule has 0 saturated heterocycles. The van der Waals surface area contributed by atoms with Crippen LogP contribution in [0.15, 0.2) is 42.7 Å². The highest BCUT2D eigenvalue weighted by Gasteiger charge is 2.23. The molecule has 3 N–H and O–H groups in total. The summed E-state index contributed by atoms with van der Waals surface area (Å²) in [5.74, 6) is 1.18. The van der Waals surface area contributed by atoms with Gasteiger partial charge in [0.15, 0.2) is 0 Å². The molecule has 1 aliphatic carbocycles. The Morgan fingerprint density at radius 2 is 2.08 bits per heavy atom. The minimum atomic E-state index is -0.685. The number of aromatic nitrogens is 3. The van der Waals surface area contributed by atoms with Gasteiger partial charge in [0.05, 0.1) is 16.8 Å². The van der Waals surface area contributed by atoms with Gasteiger partial charge in [0.1, 0.15) is 18.2 Å². The van der Waals surface area contributed by atoms with Gasteiger partial charge in [-0.3, -0.25) is 14.4 Å². The van der Waals surface area contributed by atoms with Crippen LogP contribution >= 0.6 is 11.6 Å². The Morgan fingerprint density at radius 3 is 2.87 bits per heavy atom. The van der Waals surface area contributed by atoms with Gasteiger partial charge in [-0.05, 0) is 54.7 Å². The van der Waals surface area contributed by atoms with E-state index in [4.69, 9.17) is 16.3 Å². The Hall–Kier alpha value is -3.14. The van der Waals surface area contributed by atoms with E-state index in [1.165, 1.54) is 12.8 Å². The van der Waals surface area contributed by atoms with Crippen LogP contribution in [0.25, 0.3) is 0 Å². The number of rotatable bonds is 10. The lowest BCUT2D eigenvalue weighted by Gasteiger charge is -2.31. The third kappa shape index (κ3) is 6.46. The number of nitrogens with zero attached hydrogens (tertiary/aromatic N) is 4. The van der Waals surface area contributed by atoms with Gasteiger partial charge in [-0.2, -0.15) is 5.10 Å². The average Bonchev–Trinajstić information content (AvgIpc) is 3.58. The fraction of sp³-hybridized carbons (Fsp3) is 0.464. The first-order valence-corrected chi connectivity index (χ1v) is 13.6. The lowest BCUT2D eigenvalue weighted by Crippen LogP contribution is -2.42. The molecule has 0 spiro atoms. The van der Waals surface area contributed by atoms with Gasteiger partial charge < -0.3 is 20.5 Å². The van der Waals surface area contributed by atoms with Gasteiger partial charge in [0.2, 0.25) is 0 Å². The summed E-state index contributed by atoms with van der Waals surface area (Å²) in [6, 6.07) is 9.77. The third-order valence-corrected chi connectivity index (χ3v) is 7.79. The molecule has 9 nitrogen and oxygen atoms in total. The molecule has 1 amide bonds. The number of aliphatic hydroxyl groups is 1. The average molecular weight is 539 g/mol. The van der Waals surface area contributed by atoms with Crippen molar-refractivity contribution in [2.75, 3.05) is 25.0 Å². The Bertz CT molecular complexity index is 1260. The van der Waals surface area contributed by atoms with Crippen LogP contribution in [0, 0.1) is 0 Å². The second kappa shape index (κ2) is 12.1. The van der Waals surface area contributed by atoms with Crippen molar-refractivity contribution in [3.05, 3.63) is 70.1 Å². The van der Waals surface area contributed by atoms with Crippen molar-refractivity contribution in [3.63, 3.8) is 0 Å². The van der Waals surface area contributed by atoms with E-state index < -0.39 is 6.10 Å². The number of anilines is 1. The van der Waals surface area contributed by atoms with Crippen molar-refractivity contribution < 1.29 is 14.6 Å². The number of halogens is 1. The summed E-state index contributed by atoms with van der Waals surface area (Å²) in [6.07, 6.45) is 8.21. The van der Waals surface area contributed by atoms with Gasteiger partial charge in [0, 0.05) is 57.2 Å². The molecule has 10 heteroatoms.